The van der Waals surface area contributed by atoms with Crippen molar-refractivity contribution in [3.63, 3.8) is 0 Å². The predicted molar refractivity (Wildman–Crippen MR) is 93.1 cm³/mol. The number of rotatable bonds is 4. The largest absolute Gasteiger partial charge is 0.420 e. The Labute approximate surface area is 144 Å². The van der Waals surface area contributed by atoms with E-state index in [0.717, 1.165) is 5.56 Å². The number of aryl methyl sites for hydroxylation is 1. The Hall–Kier alpha value is -2.53. The van der Waals surface area contributed by atoms with E-state index in [1.807, 2.05) is 31.2 Å². The second-order valence-electron chi connectivity index (χ2n) is 5.80. The van der Waals surface area contributed by atoms with E-state index in [1.165, 1.54) is 10.1 Å². The van der Waals surface area contributed by atoms with Crippen molar-refractivity contribution in [1.29, 1.82) is 0 Å². The Kier molecular flexibility index (Phi) is 4.44. The van der Waals surface area contributed by atoms with E-state index >= 15 is 0 Å². The van der Waals surface area contributed by atoms with Gasteiger partial charge in [-0.2, -0.15) is 0 Å². The van der Waals surface area contributed by atoms with E-state index in [9.17, 15) is 9.59 Å². The summed E-state index contributed by atoms with van der Waals surface area (Å²) in [5.74, 6) is -0.736. The molecule has 1 aromatic heterocycles. The van der Waals surface area contributed by atoms with E-state index in [2.05, 4.69) is 0 Å². The number of amides is 1. The third-order valence-electron chi connectivity index (χ3n) is 3.89. The third kappa shape index (κ3) is 3.36. The molecule has 3 rings (SSSR count). The summed E-state index contributed by atoms with van der Waals surface area (Å²) in [4.78, 5) is 26.0. The number of benzene rings is 2. The van der Waals surface area contributed by atoms with Gasteiger partial charge in [-0.1, -0.05) is 41.4 Å². The number of carbonyl (C=O) groups excluding carboxylic acids is 1. The van der Waals surface area contributed by atoms with Crippen LogP contribution in [-0.2, 0) is 17.9 Å². The molecule has 0 saturated carbocycles. The summed E-state index contributed by atoms with van der Waals surface area (Å²) >= 11 is 5.89. The Bertz CT molecular complexity index is 941. The minimum Gasteiger partial charge on any atom is -0.408 e. The summed E-state index contributed by atoms with van der Waals surface area (Å²) in [6, 6.07) is 12.9. The lowest BCUT2D eigenvalue weighted by molar-refractivity contribution is -0.131. The molecule has 0 bridgehead atoms. The molecule has 1 amide bonds. The van der Waals surface area contributed by atoms with Gasteiger partial charge in [0.15, 0.2) is 5.58 Å². The van der Waals surface area contributed by atoms with Gasteiger partial charge in [-0.15, -0.1) is 0 Å². The number of halogens is 1. The standard InChI is InChI=1S/C18H17ClN2O3/c1-12-3-5-13(6-4-12)10-20(2)17(22)11-21-15-8-7-14(19)9-16(15)24-18(21)23/h3-9H,10-11H2,1-2H3. The Morgan fingerprint density at radius 1 is 1.21 bits per heavy atom. The van der Waals surface area contributed by atoms with Crippen molar-refractivity contribution in [2.75, 3.05) is 7.05 Å². The van der Waals surface area contributed by atoms with Crippen molar-refractivity contribution in [2.45, 2.75) is 20.0 Å². The first kappa shape index (κ1) is 16.3. The number of likely N-dealkylation sites (N-methyl/N-ethyl adjacent to an activating group) is 1. The number of hydrogen-bond donors (Lipinski definition) is 0. The van der Waals surface area contributed by atoms with Gasteiger partial charge in [0.1, 0.15) is 6.54 Å². The van der Waals surface area contributed by atoms with Crippen molar-refractivity contribution in [2.24, 2.45) is 0 Å². The number of carbonyl (C=O) groups is 1. The lowest BCUT2D eigenvalue weighted by Gasteiger charge is -2.17. The zero-order valence-corrected chi connectivity index (χ0v) is 14.2. The molecule has 124 valence electrons. The quantitative estimate of drug-likeness (QED) is 0.730. The highest BCUT2D eigenvalue weighted by molar-refractivity contribution is 6.31. The van der Waals surface area contributed by atoms with Crippen LogP contribution in [0.15, 0.2) is 51.7 Å². The molecule has 1 heterocycles. The van der Waals surface area contributed by atoms with Gasteiger partial charge in [0.05, 0.1) is 5.52 Å². The summed E-state index contributed by atoms with van der Waals surface area (Å²) in [5.41, 5.74) is 3.14. The molecule has 0 radical (unpaired) electrons. The van der Waals surface area contributed by atoms with Gasteiger partial charge >= 0.3 is 5.76 Å². The molecule has 3 aromatic rings. The summed E-state index contributed by atoms with van der Waals surface area (Å²) in [6.07, 6.45) is 0. The van der Waals surface area contributed by atoms with Gasteiger partial charge < -0.3 is 9.32 Å². The summed E-state index contributed by atoms with van der Waals surface area (Å²) in [6.45, 7) is 2.42. The normalized spacial score (nSPS) is 11.0. The van der Waals surface area contributed by atoms with Crippen LogP contribution in [-0.4, -0.2) is 22.4 Å². The van der Waals surface area contributed by atoms with E-state index < -0.39 is 5.76 Å². The highest BCUT2D eigenvalue weighted by Gasteiger charge is 2.16. The first-order valence-electron chi connectivity index (χ1n) is 7.52. The second kappa shape index (κ2) is 6.53. The summed E-state index contributed by atoms with van der Waals surface area (Å²) < 4.78 is 6.46. The Morgan fingerprint density at radius 3 is 2.62 bits per heavy atom. The molecule has 24 heavy (non-hydrogen) atoms. The Morgan fingerprint density at radius 2 is 1.92 bits per heavy atom. The third-order valence-corrected chi connectivity index (χ3v) is 4.12. The fourth-order valence-electron chi connectivity index (χ4n) is 2.50. The first-order chi connectivity index (χ1) is 11.4. The van der Waals surface area contributed by atoms with Crippen molar-refractivity contribution in [3.8, 4) is 0 Å². The van der Waals surface area contributed by atoms with Gasteiger partial charge in [-0.05, 0) is 24.6 Å². The molecule has 0 atom stereocenters. The average Bonchev–Trinajstić information content (AvgIpc) is 2.84. The second-order valence-corrected chi connectivity index (χ2v) is 6.24. The van der Waals surface area contributed by atoms with Gasteiger partial charge in [0.25, 0.3) is 0 Å². The number of oxazole rings is 1. The van der Waals surface area contributed by atoms with E-state index in [1.54, 1.807) is 30.1 Å². The van der Waals surface area contributed by atoms with Gasteiger partial charge in [-0.3, -0.25) is 9.36 Å². The Balaban J connectivity index is 1.78. The molecule has 0 unspecified atom stereocenters. The van der Waals surface area contributed by atoms with Crippen LogP contribution in [0.25, 0.3) is 11.1 Å². The van der Waals surface area contributed by atoms with Gasteiger partial charge in [0.2, 0.25) is 5.91 Å². The van der Waals surface area contributed by atoms with Crippen molar-refractivity contribution in [3.05, 3.63) is 69.2 Å². The molecule has 0 N–H and O–H groups in total. The molecule has 5 nitrogen and oxygen atoms in total. The fourth-order valence-corrected chi connectivity index (χ4v) is 2.66. The average molecular weight is 345 g/mol. The zero-order chi connectivity index (χ0) is 17.3. The highest BCUT2D eigenvalue weighted by atomic mass is 35.5. The maximum atomic E-state index is 12.4. The maximum Gasteiger partial charge on any atom is 0.420 e. The van der Waals surface area contributed by atoms with Crippen molar-refractivity contribution >= 4 is 28.6 Å². The van der Waals surface area contributed by atoms with Crippen molar-refractivity contribution in [1.82, 2.24) is 9.47 Å². The molecule has 0 spiro atoms. The van der Waals surface area contributed by atoms with Gasteiger partial charge in [0, 0.05) is 24.7 Å². The molecule has 0 fully saturated rings. The lowest BCUT2D eigenvalue weighted by atomic mass is 10.1. The molecule has 2 aromatic carbocycles. The molecule has 0 aliphatic carbocycles. The van der Waals surface area contributed by atoms with Crippen LogP contribution in [0.4, 0.5) is 0 Å². The van der Waals surface area contributed by atoms with Crippen LogP contribution >= 0.6 is 11.6 Å². The predicted octanol–water partition coefficient (Wildman–Crippen LogP) is 3.21. The zero-order valence-electron chi connectivity index (χ0n) is 13.5. The van der Waals surface area contributed by atoms with Crippen LogP contribution in [0, 0.1) is 6.92 Å². The minimum absolute atomic E-state index is 0.0736. The van der Waals surface area contributed by atoms with Crippen LogP contribution in [0.5, 0.6) is 0 Å². The molecule has 0 aliphatic heterocycles. The number of aromatic nitrogens is 1. The van der Waals surface area contributed by atoms with Crippen LogP contribution in [0.3, 0.4) is 0 Å². The van der Waals surface area contributed by atoms with E-state index in [4.69, 9.17) is 16.0 Å². The smallest absolute Gasteiger partial charge is 0.408 e. The highest BCUT2D eigenvalue weighted by Crippen LogP contribution is 2.18. The van der Waals surface area contributed by atoms with Crippen LogP contribution < -0.4 is 5.76 Å². The first-order valence-corrected chi connectivity index (χ1v) is 7.90. The molecule has 6 heteroatoms. The van der Waals surface area contributed by atoms with Crippen molar-refractivity contribution < 1.29 is 9.21 Å². The van der Waals surface area contributed by atoms with Crippen LogP contribution in [0.1, 0.15) is 11.1 Å². The van der Waals surface area contributed by atoms with Crippen LogP contribution in [0.2, 0.25) is 5.02 Å². The number of nitrogens with zero attached hydrogens (tertiary/aromatic N) is 2. The van der Waals surface area contributed by atoms with E-state index in [-0.39, 0.29) is 12.5 Å². The van der Waals surface area contributed by atoms with E-state index in [0.29, 0.717) is 22.7 Å². The monoisotopic (exact) mass is 344 g/mol. The summed E-state index contributed by atoms with van der Waals surface area (Å²) in [5, 5.41) is 0.478. The topological polar surface area (TPSA) is 55.5 Å². The number of fused-ring (bicyclic) bond motifs is 1. The van der Waals surface area contributed by atoms with Gasteiger partial charge in [-0.25, -0.2) is 4.79 Å². The maximum absolute atomic E-state index is 12.4. The molecule has 0 saturated heterocycles. The minimum atomic E-state index is -0.565. The molecular formula is C18H17ClN2O3. The molecule has 0 aliphatic rings. The lowest BCUT2D eigenvalue weighted by Crippen LogP contribution is -2.32. The molecular weight excluding hydrogens is 328 g/mol. The summed E-state index contributed by atoms with van der Waals surface area (Å²) in [7, 11) is 1.71. The number of hydrogen-bond acceptors (Lipinski definition) is 3. The fraction of sp³-hybridized carbons (Fsp3) is 0.222. The SMILES string of the molecule is Cc1ccc(CN(C)C(=O)Cn2c(=O)oc3cc(Cl)ccc32)cc1.